The number of rotatable bonds is 2. The van der Waals surface area contributed by atoms with Gasteiger partial charge in [-0.2, -0.15) is 35.1 Å². The van der Waals surface area contributed by atoms with E-state index in [1.807, 2.05) is 0 Å². The van der Waals surface area contributed by atoms with E-state index in [2.05, 4.69) is 0 Å². The van der Waals surface area contributed by atoms with Gasteiger partial charge in [-0.1, -0.05) is 0 Å². The third-order valence-electron chi connectivity index (χ3n) is 3.11. The lowest BCUT2D eigenvalue weighted by atomic mass is 9.67. The van der Waals surface area contributed by atoms with Crippen LogP contribution < -0.4 is 0 Å². The molecule has 1 rings (SSSR count). The van der Waals surface area contributed by atoms with Crippen molar-refractivity contribution in [2.45, 2.75) is 35.0 Å². The highest BCUT2D eigenvalue weighted by atomic mass is 19.4. The summed E-state index contributed by atoms with van der Waals surface area (Å²) in [4.78, 5) is 20.4. The summed E-state index contributed by atoms with van der Waals surface area (Å²) in [5, 5.41) is 15.9. The molecule has 1 aliphatic rings. The summed E-state index contributed by atoms with van der Waals surface area (Å²) in [5.41, 5.74) is -13.9. The summed E-state index contributed by atoms with van der Waals surface area (Å²) < 4.78 is 132. The van der Waals surface area contributed by atoms with Crippen LogP contribution in [0.25, 0.3) is 0 Å². The number of carboxylic acid groups (broad SMARTS) is 2. The van der Waals surface area contributed by atoms with Crippen molar-refractivity contribution in [1.82, 2.24) is 0 Å². The largest absolute Gasteiger partial charge is 0.479 e. The second-order valence-electron chi connectivity index (χ2n) is 4.22. The van der Waals surface area contributed by atoms with Crippen molar-refractivity contribution in [3.8, 4) is 0 Å². The Bertz CT molecular complexity index is 465. The van der Waals surface area contributed by atoms with Crippen LogP contribution in [-0.2, 0) is 9.59 Å². The number of carbonyl (C=O) groups is 2. The van der Waals surface area contributed by atoms with Crippen LogP contribution in [0.3, 0.4) is 0 Å². The molecule has 1 aliphatic carbocycles. The first-order chi connectivity index (χ1) is 9.39. The van der Waals surface area contributed by atoms with E-state index < -0.39 is 47.0 Å². The van der Waals surface area contributed by atoms with Gasteiger partial charge < -0.3 is 10.2 Å². The zero-order chi connectivity index (χ0) is 18.2. The standard InChI is InChI=1S/C8H2F10O4/c9-3(1(19)20)5(11,12)7(15,16)4(10,2(21)22)8(17,18)6(3,13)14/h(H,19,20)(H,21,22). The van der Waals surface area contributed by atoms with Gasteiger partial charge in [-0.05, 0) is 0 Å². The van der Waals surface area contributed by atoms with Crippen LogP contribution >= 0.6 is 0 Å². The van der Waals surface area contributed by atoms with E-state index >= 15 is 0 Å². The Balaban J connectivity index is 4.02. The third-order valence-corrected chi connectivity index (χ3v) is 3.11. The second kappa shape index (κ2) is 3.95. The summed E-state index contributed by atoms with van der Waals surface area (Å²) in [6.07, 6.45) is 0. The van der Waals surface area contributed by atoms with E-state index in [1.54, 1.807) is 0 Å². The van der Waals surface area contributed by atoms with Crippen LogP contribution in [0.1, 0.15) is 0 Å². The normalized spacial score (nSPS) is 38.3. The number of aliphatic carboxylic acids is 2. The fourth-order valence-electron chi connectivity index (χ4n) is 1.80. The minimum atomic E-state index is -7.33. The van der Waals surface area contributed by atoms with Gasteiger partial charge in [-0.3, -0.25) is 0 Å². The third kappa shape index (κ3) is 1.31. The van der Waals surface area contributed by atoms with Crippen LogP contribution in [0.4, 0.5) is 43.9 Å². The van der Waals surface area contributed by atoms with Crippen molar-refractivity contribution >= 4 is 11.9 Å². The Morgan fingerprint density at radius 3 is 0.727 bits per heavy atom. The summed E-state index contributed by atoms with van der Waals surface area (Å²) in [6.45, 7) is 0. The average molecular weight is 352 g/mol. The predicted molar refractivity (Wildman–Crippen MR) is 42.7 cm³/mol. The van der Waals surface area contributed by atoms with Gasteiger partial charge in [-0.25, -0.2) is 18.4 Å². The molecular formula is C8H2F10O4. The number of hydrogen-bond donors (Lipinski definition) is 2. The molecule has 0 aromatic carbocycles. The zero-order valence-corrected chi connectivity index (χ0v) is 9.49. The molecule has 0 saturated heterocycles. The monoisotopic (exact) mass is 352 g/mol. The minimum Gasteiger partial charge on any atom is -0.479 e. The molecule has 0 radical (unpaired) electrons. The fourth-order valence-corrected chi connectivity index (χ4v) is 1.80. The van der Waals surface area contributed by atoms with Crippen LogP contribution in [-0.4, -0.2) is 57.2 Å². The minimum absolute atomic E-state index is 4.16. The van der Waals surface area contributed by atoms with Crippen LogP contribution in [0.15, 0.2) is 0 Å². The maximum atomic E-state index is 13.4. The molecule has 0 heterocycles. The van der Waals surface area contributed by atoms with Crippen molar-refractivity contribution in [2.75, 3.05) is 0 Å². The summed E-state index contributed by atoms with van der Waals surface area (Å²) >= 11 is 0. The van der Waals surface area contributed by atoms with Crippen LogP contribution in [0.2, 0.25) is 0 Å². The lowest BCUT2D eigenvalue weighted by Crippen LogP contribution is -2.88. The lowest BCUT2D eigenvalue weighted by Gasteiger charge is -2.51. The first-order valence-electron chi connectivity index (χ1n) is 4.75. The molecule has 14 heteroatoms. The Kier molecular flexibility index (Phi) is 3.29. The maximum absolute atomic E-state index is 13.4. The highest BCUT2D eigenvalue weighted by Gasteiger charge is 3.04. The molecule has 0 bridgehead atoms. The first-order valence-corrected chi connectivity index (χ1v) is 4.75. The number of alkyl halides is 10. The topological polar surface area (TPSA) is 74.6 Å². The molecule has 128 valence electrons. The van der Waals surface area contributed by atoms with Gasteiger partial charge in [0, 0.05) is 0 Å². The van der Waals surface area contributed by atoms with E-state index in [-0.39, 0.29) is 0 Å². The summed E-state index contributed by atoms with van der Waals surface area (Å²) in [6, 6.07) is 0. The summed E-state index contributed by atoms with van der Waals surface area (Å²) in [7, 11) is 0. The molecule has 4 nitrogen and oxygen atoms in total. The Morgan fingerprint density at radius 2 is 0.636 bits per heavy atom. The quantitative estimate of drug-likeness (QED) is 0.747. The van der Waals surface area contributed by atoms with Gasteiger partial charge in [0.05, 0.1) is 0 Å². The smallest absolute Gasteiger partial charge is 0.364 e. The van der Waals surface area contributed by atoms with E-state index in [0.29, 0.717) is 0 Å². The molecule has 0 amide bonds. The van der Waals surface area contributed by atoms with Crippen molar-refractivity contribution in [3.63, 3.8) is 0 Å². The van der Waals surface area contributed by atoms with Crippen LogP contribution in [0.5, 0.6) is 0 Å². The molecule has 1 fully saturated rings. The molecule has 0 spiro atoms. The molecule has 22 heavy (non-hydrogen) atoms. The van der Waals surface area contributed by atoms with E-state index in [1.165, 1.54) is 0 Å². The lowest BCUT2D eigenvalue weighted by molar-refractivity contribution is -0.444. The summed E-state index contributed by atoms with van der Waals surface area (Å²) in [5.74, 6) is -37.6. The number of carboxylic acids is 2. The zero-order valence-electron chi connectivity index (χ0n) is 9.49. The molecule has 1 saturated carbocycles. The van der Waals surface area contributed by atoms with Crippen molar-refractivity contribution < 1.29 is 63.7 Å². The van der Waals surface area contributed by atoms with E-state index in [0.717, 1.165) is 0 Å². The molecule has 0 aromatic heterocycles. The second-order valence-corrected chi connectivity index (χ2v) is 4.22. The number of hydrogen-bond acceptors (Lipinski definition) is 2. The van der Waals surface area contributed by atoms with Crippen molar-refractivity contribution in [3.05, 3.63) is 0 Å². The van der Waals surface area contributed by atoms with E-state index in [9.17, 15) is 53.5 Å². The van der Waals surface area contributed by atoms with Gasteiger partial charge in [-0.15, -0.1) is 0 Å². The van der Waals surface area contributed by atoms with Gasteiger partial charge in [0.15, 0.2) is 0 Å². The molecule has 0 unspecified atom stereocenters. The van der Waals surface area contributed by atoms with E-state index in [4.69, 9.17) is 10.2 Å². The van der Waals surface area contributed by atoms with Gasteiger partial charge >= 0.3 is 47.0 Å². The fraction of sp³-hybridized carbons (Fsp3) is 0.750. The molecule has 0 atom stereocenters. The maximum Gasteiger partial charge on any atom is 0.364 e. The molecular weight excluding hydrogens is 350 g/mol. The predicted octanol–water partition coefficient (Wildman–Crippen LogP) is 2.13. The number of halogens is 10. The van der Waals surface area contributed by atoms with Crippen molar-refractivity contribution in [1.29, 1.82) is 0 Å². The highest BCUT2D eigenvalue weighted by molar-refractivity contribution is 5.87. The SMILES string of the molecule is O=C(O)C1(F)C(F)(F)C(F)(F)C(F)(C(=O)O)C(F)(F)C1(F)F. The average Bonchev–Trinajstić information content (AvgIpc) is 2.33. The van der Waals surface area contributed by atoms with Gasteiger partial charge in [0.2, 0.25) is 0 Å². The van der Waals surface area contributed by atoms with Crippen molar-refractivity contribution in [2.24, 2.45) is 0 Å². The molecule has 0 aromatic rings. The first kappa shape index (κ1) is 18.3. The Labute approximate surface area is 112 Å². The molecule has 0 aliphatic heterocycles. The highest BCUT2D eigenvalue weighted by Crippen LogP contribution is 2.68. The molecule has 2 N–H and O–H groups in total. The van der Waals surface area contributed by atoms with Gasteiger partial charge in [0.25, 0.3) is 0 Å². The Morgan fingerprint density at radius 1 is 0.500 bits per heavy atom. The van der Waals surface area contributed by atoms with Crippen LogP contribution in [0, 0.1) is 0 Å². The Hall–Kier alpha value is -1.76. The van der Waals surface area contributed by atoms with Gasteiger partial charge in [0.1, 0.15) is 0 Å².